The number of hydrogen-bond donors (Lipinski definition) is 1. The number of piperidine rings is 1. The molecule has 3 aromatic rings. The van der Waals surface area contributed by atoms with E-state index in [1.807, 2.05) is 32.9 Å². The lowest BCUT2D eigenvalue weighted by Gasteiger charge is -2.31. The van der Waals surface area contributed by atoms with Crippen LogP contribution < -0.4 is 0 Å². The lowest BCUT2D eigenvalue weighted by molar-refractivity contribution is -0.157. The Bertz CT molecular complexity index is 1350. The van der Waals surface area contributed by atoms with Gasteiger partial charge in [-0.25, -0.2) is 4.79 Å². The standard InChI is InChI=1S/C30H38BrN3O5/c1-6-34-25-12-11-21(31)16-23(25)24(28(34)22-10-7-13-32-27(22)19(2)38-5)17-30(3,4)39-26(35)15-20-9-8-14-33(18-20)29(36)37/h7,10-13,16,19-20H,6,8-9,14-15,17-18H2,1-5H3,(H,36,37)/t19?,20-/m0/s1. The number of halogens is 1. The molecular formula is C30H38BrN3O5. The normalized spacial score (nSPS) is 16.9. The molecule has 1 aromatic carbocycles. The van der Waals surface area contributed by atoms with Crippen LogP contribution in [0.4, 0.5) is 4.79 Å². The molecule has 210 valence electrons. The Morgan fingerprint density at radius 1 is 1.28 bits per heavy atom. The Labute approximate surface area is 238 Å². The number of carbonyl (C=O) groups excluding carboxylic acids is 1. The molecule has 0 radical (unpaired) electrons. The van der Waals surface area contributed by atoms with Gasteiger partial charge in [-0.1, -0.05) is 15.9 Å². The number of carboxylic acid groups (broad SMARTS) is 1. The number of pyridine rings is 1. The monoisotopic (exact) mass is 599 g/mol. The van der Waals surface area contributed by atoms with Gasteiger partial charge in [0.2, 0.25) is 0 Å². The van der Waals surface area contributed by atoms with Gasteiger partial charge in [0.15, 0.2) is 0 Å². The van der Waals surface area contributed by atoms with Crippen LogP contribution in [0.1, 0.15) is 64.3 Å². The highest BCUT2D eigenvalue weighted by Gasteiger charge is 2.32. The summed E-state index contributed by atoms with van der Waals surface area (Å²) in [6, 6.07) is 10.3. The minimum atomic E-state index is -0.933. The van der Waals surface area contributed by atoms with E-state index in [0.717, 1.165) is 57.3 Å². The van der Waals surface area contributed by atoms with Crippen molar-refractivity contribution in [3.63, 3.8) is 0 Å². The third kappa shape index (κ3) is 6.47. The molecule has 3 heterocycles. The van der Waals surface area contributed by atoms with Crippen LogP contribution in [0.2, 0.25) is 0 Å². The van der Waals surface area contributed by atoms with E-state index in [4.69, 9.17) is 9.47 Å². The van der Waals surface area contributed by atoms with Crippen LogP contribution >= 0.6 is 15.9 Å². The van der Waals surface area contributed by atoms with Gasteiger partial charge in [0.1, 0.15) is 5.60 Å². The lowest BCUT2D eigenvalue weighted by atomic mass is 9.92. The van der Waals surface area contributed by atoms with E-state index in [2.05, 4.69) is 50.6 Å². The number of carbonyl (C=O) groups is 2. The molecule has 1 aliphatic heterocycles. The lowest BCUT2D eigenvalue weighted by Crippen LogP contribution is -2.40. The van der Waals surface area contributed by atoms with Crippen LogP contribution in [-0.2, 0) is 27.2 Å². The molecule has 2 aromatic heterocycles. The number of benzene rings is 1. The van der Waals surface area contributed by atoms with Crippen molar-refractivity contribution in [1.29, 1.82) is 0 Å². The molecule has 9 heteroatoms. The number of hydrogen-bond acceptors (Lipinski definition) is 5. The van der Waals surface area contributed by atoms with E-state index in [-0.39, 0.29) is 24.4 Å². The predicted octanol–water partition coefficient (Wildman–Crippen LogP) is 6.84. The van der Waals surface area contributed by atoms with Crippen LogP contribution in [0.3, 0.4) is 0 Å². The van der Waals surface area contributed by atoms with Gasteiger partial charge in [-0.3, -0.25) is 9.78 Å². The molecule has 1 aliphatic rings. The summed E-state index contributed by atoms with van der Waals surface area (Å²) in [6.07, 6.45) is 2.94. The van der Waals surface area contributed by atoms with Crippen molar-refractivity contribution in [2.75, 3.05) is 20.2 Å². The minimum Gasteiger partial charge on any atom is -0.465 e. The first-order valence-electron chi connectivity index (χ1n) is 13.5. The van der Waals surface area contributed by atoms with Gasteiger partial charge >= 0.3 is 12.1 Å². The highest BCUT2D eigenvalue weighted by atomic mass is 79.9. The number of fused-ring (bicyclic) bond motifs is 1. The average Bonchev–Trinajstić information content (AvgIpc) is 3.19. The number of rotatable bonds is 9. The fraction of sp³-hybridized carbons (Fsp3) is 0.500. The molecule has 0 saturated carbocycles. The molecule has 1 unspecified atom stereocenters. The van der Waals surface area contributed by atoms with Gasteiger partial charge in [0.25, 0.3) is 0 Å². The smallest absolute Gasteiger partial charge is 0.407 e. The van der Waals surface area contributed by atoms with Crippen molar-refractivity contribution in [2.24, 2.45) is 5.92 Å². The summed E-state index contributed by atoms with van der Waals surface area (Å²) in [7, 11) is 1.68. The minimum absolute atomic E-state index is 0.0276. The average molecular weight is 601 g/mol. The molecule has 0 aliphatic carbocycles. The quantitative estimate of drug-likeness (QED) is 0.271. The summed E-state index contributed by atoms with van der Waals surface area (Å²) in [5.74, 6) is -0.325. The summed E-state index contributed by atoms with van der Waals surface area (Å²) in [5, 5.41) is 10.4. The molecule has 1 saturated heterocycles. The number of nitrogens with zero attached hydrogens (tertiary/aromatic N) is 3. The number of amides is 1. The van der Waals surface area contributed by atoms with Crippen molar-refractivity contribution in [3.05, 3.63) is 52.3 Å². The first kappa shape index (κ1) is 29.1. The maximum absolute atomic E-state index is 13.1. The van der Waals surface area contributed by atoms with Crippen molar-refractivity contribution >= 4 is 38.9 Å². The maximum Gasteiger partial charge on any atom is 0.407 e. The largest absolute Gasteiger partial charge is 0.465 e. The highest BCUT2D eigenvalue weighted by molar-refractivity contribution is 9.10. The molecule has 8 nitrogen and oxygen atoms in total. The second-order valence-corrected chi connectivity index (χ2v) is 11.8. The fourth-order valence-electron chi connectivity index (χ4n) is 5.72. The summed E-state index contributed by atoms with van der Waals surface area (Å²) < 4.78 is 15.0. The fourth-order valence-corrected chi connectivity index (χ4v) is 6.08. The third-order valence-corrected chi connectivity index (χ3v) is 8.01. The zero-order chi connectivity index (χ0) is 28.3. The second kappa shape index (κ2) is 12.1. The molecular weight excluding hydrogens is 562 g/mol. The molecule has 1 fully saturated rings. The SMILES string of the molecule is CCn1c(-c2cccnc2C(C)OC)c(CC(C)(C)OC(=O)C[C@@H]2CCCN(C(=O)O)C2)c2cc(Br)ccc21. The van der Waals surface area contributed by atoms with Gasteiger partial charge in [-0.2, -0.15) is 0 Å². The van der Waals surface area contributed by atoms with Gasteiger partial charge < -0.3 is 24.0 Å². The summed E-state index contributed by atoms with van der Waals surface area (Å²) in [4.78, 5) is 30.6. The Balaban J connectivity index is 1.70. The number of likely N-dealkylation sites (tertiary alicyclic amines) is 1. The van der Waals surface area contributed by atoms with Gasteiger partial charge in [-0.05, 0) is 82.3 Å². The highest BCUT2D eigenvalue weighted by Crippen LogP contribution is 2.40. The van der Waals surface area contributed by atoms with E-state index < -0.39 is 11.7 Å². The number of methoxy groups -OCH3 is 1. The van der Waals surface area contributed by atoms with Crippen LogP contribution in [0.5, 0.6) is 0 Å². The summed E-state index contributed by atoms with van der Waals surface area (Å²) in [5.41, 5.74) is 4.28. The second-order valence-electron chi connectivity index (χ2n) is 10.9. The Morgan fingerprint density at radius 3 is 2.74 bits per heavy atom. The van der Waals surface area contributed by atoms with E-state index >= 15 is 0 Å². The van der Waals surface area contributed by atoms with Crippen molar-refractivity contribution in [3.8, 4) is 11.3 Å². The zero-order valence-corrected chi connectivity index (χ0v) is 25.0. The molecule has 4 rings (SSSR count). The van der Waals surface area contributed by atoms with Gasteiger partial charge in [-0.15, -0.1) is 0 Å². The predicted molar refractivity (Wildman–Crippen MR) is 155 cm³/mol. The first-order chi connectivity index (χ1) is 18.5. The Kier molecular flexibility index (Phi) is 9.01. The van der Waals surface area contributed by atoms with Crippen LogP contribution in [0, 0.1) is 5.92 Å². The van der Waals surface area contributed by atoms with E-state index in [1.165, 1.54) is 4.90 Å². The van der Waals surface area contributed by atoms with Gasteiger partial charge in [0, 0.05) is 60.3 Å². The van der Waals surface area contributed by atoms with Gasteiger partial charge in [0.05, 0.1) is 23.9 Å². The van der Waals surface area contributed by atoms with Crippen molar-refractivity contribution in [1.82, 2.24) is 14.5 Å². The topological polar surface area (TPSA) is 93.9 Å². The zero-order valence-electron chi connectivity index (χ0n) is 23.4. The maximum atomic E-state index is 13.1. The number of aromatic nitrogens is 2. The Morgan fingerprint density at radius 2 is 2.05 bits per heavy atom. The Hall–Kier alpha value is -2.91. The summed E-state index contributed by atoms with van der Waals surface area (Å²) >= 11 is 3.64. The van der Waals surface area contributed by atoms with Crippen molar-refractivity contribution in [2.45, 2.75) is 71.6 Å². The van der Waals surface area contributed by atoms with E-state index in [9.17, 15) is 14.7 Å². The number of esters is 1. The van der Waals surface area contributed by atoms with Crippen LogP contribution in [0.25, 0.3) is 22.2 Å². The first-order valence-corrected chi connectivity index (χ1v) is 14.3. The molecule has 2 atom stereocenters. The molecule has 1 amide bonds. The number of ether oxygens (including phenoxy) is 2. The summed E-state index contributed by atoms with van der Waals surface area (Å²) in [6.45, 7) is 9.63. The van der Waals surface area contributed by atoms with Crippen LogP contribution in [-0.4, -0.2) is 57.4 Å². The van der Waals surface area contributed by atoms with E-state index in [1.54, 1.807) is 13.3 Å². The van der Waals surface area contributed by atoms with Crippen LogP contribution in [0.15, 0.2) is 41.0 Å². The third-order valence-electron chi connectivity index (χ3n) is 7.52. The molecule has 1 N–H and O–H groups in total. The van der Waals surface area contributed by atoms with E-state index in [0.29, 0.717) is 19.5 Å². The molecule has 0 spiro atoms. The number of aryl methyl sites for hydroxylation is 1. The molecule has 39 heavy (non-hydrogen) atoms. The molecule has 0 bridgehead atoms. The van der Waals surface area contributed by atoms with Crippen molar-refractivity contribution < 1.29 is 24.2 Å².